The zero-order valence-corrected chi connectivity index (χ0v) is 10.3. The van der Waals surface area contributed by atoms with Gasteiger partial charge in [-0.15, -0.1) is 0 Å². The van der Waals surface area contributed by atoms with Crippen LogP contribution in [-0.2, 0) is 6.42 Å². The fraction of sp³-hybridized carbons (Fsp3) is 0.0714. The molecule has 0 spiro atoms. The van der Waals surface area contributed by atoms with Gasteiger partial charge in [0.2, 0.25) is 0 Å². The second-order valence-corrected chi connectivity index (χ2v) is 4.34. The molecule has 0 fully saturated rings. The van der Waals surface area contributed by atoms with Crippen molar-refractivity contribution in [3.63, 3.8) is 0 Å². The summed E-state index contributed by atoms with van der Waals surface area (Å²) in [4.78, 5) is 11.9. The van der Waals surface area contributed by atoms with Gasteiger partial charge in [-0.25, -0.2) is 13.2 Å². The lowest BCUT2D eigenvalue weighted by atomic mass is 10.0. The number of ketones is 1. The molecule has 5 heteroatoms. The third kappa shape index (κ3) is 2.96. The maximum Gasteiger partial charge on any atom is 0.168 e. The van der Waals surface area contributed by atoms with Crippen molar-refractivity contribution in [2.75, 3.05) is 0 Å². The molecule has 0 N–H and O–H groups in total. The molecular formula is C14H8ClF3O. The summed E-state index contributed by atoms with van der Waals surface area (Å²) in [5.74, 6) is -3.41. The van der Waals surface area contributed by atoms with Crippen LogP contribution < -0.4 is 0 Å². The predicted octanol–water partition coefficient (Wildman–Crippen LogP) is 4.18. The lowest BCUT2D eigenvalue weighted by Crippen LogP contribution is -2.07. The Bertz CT molecular complexity index is 641. The van der Waals surface area contributed by atoms with Gasteiger partial charge in [0.15, 0.2) is 17.4 Å². The first-order valence-corrected chi connectivity index (χ1v) is 5.78. The molecule has 0 aliphatic carbocycles. The van der Waals surface area contributed by atoms with Crippen molar-refractivity contribution >= 4 is 17.4 Å². The van der Waals surface area contributed by atoms with Gasteiger partial charge in [0, 0.05) is 12.0 Å². The standard InChI is InChI=1S/C14H8ClF3O/c15-10-7-13(18)12(17)6-9(10)14(19)5-8-3-1-2-4-11(8)16/h1-4,6-7H,5H2. The van der Waals surface area contributed by atoms with E-state index in [1.165, 1.54) is 18.2 Å². The molecule has 1 nitrogen and oxygen atoms in total. The van der Waals surface area contributed by atoms with Gasteiger partial charge in [-0.2, -0.15) is 0 Å². The van der Waals surface area contributed by atoms with Gasteiger partial charge in [0.05, 0.1) is 5.02 Å². The average molecular weight is 285 g/mol. The van der Waals surface area contributed by atoms with Crippen molar-refractivity contribution in [3.05, 3.63) is 70.0 Å². The molecule has 0 aliphatic rings. The molecule has 0 unspecified atom stereocenters. The number of hydrogen-bond donors (Lipinski definition) is 0. The van der Waals surface area contributed by atoms with Crippen LogP contribution in [0.5, 0.6) is 0 Å². The topological polar surface area (TPSA) is 17.1 Å². The summed E-state index contributed by atoms with van der Waals surface area (Å²) in [7, 11) is 0. The minimum absolute atomic E-state index is 0.163. The summed E-state index contributed by atoms with van der Waals surface area (Å²) in [6, 6.07) is 7.19. The predicted molar refractivity (Wildman–Crippen MR) is 65.8 cm³/mol. The molecule has 0 saturated carbocycles. The highest BCUT2D eigenvalue weighted by atomic mass is 35.5. The normalized spacial score (nSPS) is 10.5. The van der Waals surface area contributed by atoms with E-state index in [1.54, 1.807) is 6.07 Å². The molecule has 0 atom stereocenters. The summed E-state index contributed by atoms with van der Waals surface area (Å²) < 4.78 is 39.4. The lowest BCUT2D eigenvalue weighted by Gasteiger charge is -2.05. The van der Waals surface area contributed by atoms with Crippen LogP contribution in [0.15, 0.2) is 36.4 Å². The molecule has 0 radical (unpaired) electrons. The number of Topliss-reactive ketones (excluding diaryl/α,β-unsaturated/α-hetero) is 1. The van der Waals surface area contributed by atoms with E-state index in [0.717, 1.165) is 12.1 Å². The maximum atomic E-state index is 13.4. The highest BCUT2D eigenvalue weighted by Gasteiger charge is 2.16. The fourth-order valence-electron chi connectivity index (χ4n) is 1.65. The number of carbonyl (C=O) groups excluding carboxylic acids is 1. The van der Waals surface area contributed by atoms with Crippen LogP contribution in [0.4, 0.5) is 13.2 Å². The van der Waals surface area contributed by atoms with Crippen LogP contribution >= 0.6 is 11.6 Å². The molecule has 0 heterocycles. The van der Waals surface area contributed by atoms with Gasteiger partial charge in [-0.3, -0.25) is 4.79 Å². The quantitative estimate of drug-likeness (QED) is 0.610. The molecule has 0 aliphatic heterocycles. The first kappa shape index (κ1) is 13.6. The molecule has 2 rings (SSSR count). The van der Waals surface area contributed by atoms with E-state index in [0.29, 0.717) is 0 Å². The molecule has 0 aromatic heterocycles. The number of benzene rings is 2. The molecule has 19 heavy (non-hydrogen) atoms. The van der Waals surface area contributed by atoms with Crippen LogP contribution in [0.25, 0.3) is 0 Å². The number of hydrogen-bond acceptors (Lipinski definition) is 1. The monoisotopic (exact) mass is 284 g/mol. The molecular weight excluding hydrogens is 277 g/mol. The number of carbonyl (C=O) groups is 1. The van der Waals surface area contributed by atoms with Crippen molar-refractivity contribution in [2.45, 2.75) is 6.42 Å². The molecule has 2 aromatic carbocycles. The summed E-state index contributed by atoms with van der Waals surface area (Å²) in [5, 5.41) is -0.194. The molecule has 0 bridgehead atoms. The van der Waals surface area contributed by atoms with Gasteiger partial charge in [-0.05, 0) is 23.8 Å². The second-order valence-electron chi connectivity index (χ2n) is 3.94. The van der Waals surface area contributed by atoms with E-state index >= 15 is 0 Å². The summed E-state index contributed by atoms with van der Waals surface area (Å²) in [5.41, 5.74) is 0.0112. The number of halogens is 4. The lowest BCUT2D eigenvalue weighted by molar-refractivity contribution is 0.0991. The first-order chi connectivity index (χ1) is 8.99. The maximum absolute atomic E-state index is 13.4. The van der Waals surface area contributed by atoms with Crippen molar-refractivity contribution in [2.24, 2.45) is 0 Å². The first-order valence-electron chi connectivity index (χ1n) is 5.40. The minimum atomic E-state index is -1.17. The Kier molecular flexibility index (Phi) is 3.90. The van der Waals surface area contributed by atoms with Crippen LogP contribution in [-0.4, -0.2) is 5.78 Å². The van der Waals surface area contributed by atoms with E-state index in [1.807, 2.05) is 0 Å². The van der Waals surface area contributed by atoms with Gasteiger partial charge in [0.25, 0.3) is 0 Å². The van der Waals surface area contributed by atoms with Crippen LogP contribution in [0.1, 0.15) is 15.9 Å². The largest absolute Gasteiger partial charge is 0.294 e. The summed E-state index contributed by atoms with van der Waals surface area (Å²) in [6.07, 6.45) is -0.266. The van der Waals surface area contributed by atoms with Gasteiger partial charge < -0.3 is 0 Å². The van der Waals surface area contributed by atoms with Crippen LogP contribution in [0.2, 0.25) is 5.02 Å². The SMILES string of the molecule is O=C(Cc1ccccc1F)c1cc(F)c(F)cc1Cl. The van der Waals surface area contributed by atoms with Crippen LogP contribution in [0.3, 0.4) is 0 Å². The smallest absolute Gasteiger partial charge is 0.168 e. The average Bonchev–Trinajstić information content (AvgIpc) is 2.36. The third-order valence-corrected chi connectivity index (χ3v) is 2.93. The Labute approximate surface area is 112 Å². The molecule has 0 amide bonds. The van der Waals surface area contributed by atoms with Gasteiger partial charge in [-0.1, -0.05) is 29.8 Å². The third-order valence-electron chi connectivity index (χ3n) is 2.62. The van der Waals surface area contributed by atoms with E-state index in [-0.39, 0.29) is 22.6 Å². The number of rotatable bonds is 3. The molecule has 98 valence electrons. The second kappa shape index (κ2) is 5.45. The van der Waals surface area contributed by atoms with E-state index in [2.05, 4.69) is 0 Å². The van der Waals surface area contributed by atoms with Crippen molar-refractivity contribution in [1.82, 2.24) is 0 Å². The Morgan fingerprint density at radius 2 is 1.63 bits per heavy atom. The van der Waals surface area contributed by atoms with E-state index in [9.17, 15) is 18.0 Å². The summed E-state index contributed by atoms with van der Waals surface area (Å²) >= 11 is 5.68. The fourth-order valence-corrected chi connectivity index (χ4v) is 1.90. The minimum Gasteiger partial charge on any atom is -0.294 e. The Morgan fingerprint density at radius 3 is 2.32 bits per heavy atom. The van der Waals surface area contributed by atoms with E-state index in [4.69, 9.17) is 11.6 Å². The molecule has 2 aromatic rings. The van der Waals surface area contributed by atoms with Crippen LogP contribution in [0, 0.1) is 17.5 Å². The summed E-state index contributed by atoms with van der Waals surface area (Å²) in [6.45, 7) is 0. The highest BCUT2D eigenvalue weighted by Crippen LogP contribution is 2.22. The van der Waals surface area contributed by atoms with Gasteiger partial charge >= 0.3 is 0 Å². The Balaban J connectivity index is 2.31. The van der Waals surface area contributed by atoms with Crippen molar-refractivity contribution in [1.29, 1.82) is 0 Å². The molecule has 0 saturated heterocycles. The Hall–Kier alpha value is -1.81. The zero-order valence-electron chi connectivity index (χ0n) is 9.59. The zero-order chi connectivity index (χ0) is 14.0. The van der Waals surface area contributed by atoms with E-state index < -0.39 is 23.2 Å². The van der Waals surface area contributed by atoms with Gasteiger partial charge in [0.1, 0.15) is 5.82 Å². The van der Waals surface area contributed by atoms with Crippen molar-refractivity contribution < 1.29 is 18.0 Å². The van der Waals surface area contributed by atoms with Crippen molar-refractivity contribution in [3.8, 4) is 0 Å². The highest BCUT2D eigenvalue weighted by molar-refractivity contribution is 6.34. The Morgan fingerprint density at radius 1 is 1.00 bits per heavy atom.